The molecule has 34 heavy (non-hydrogen) atoms. The fraction of sp³-hybridized carbons (Fsp3) is 0.417. The number of carbonyl (C=O) groups excluding carboxylic acids is 2. The molecule has 9 nitrogen and oxygen atoms in total. The molecule has 0 bridgehead atoms. The molecule has 3 amide bonds. The van der Waals surface area contributed by atoms with Crippen LogP contribution in [-0.4, -0.2) is 62.2 Å². The lowest BCUT2D eigenvalue weighted by atomic mass is 9.84. The van der Waals surface area contributed by atoms with Crippen LogP contribution in [0.4, 0.5) is 20.6 Å². The van der Waals surface area contributed by atoms with Crippen molar-refractivity contribution in [3.05, 3.63) is 53.8 Å². The van der Waals surface area contributed by atoms with Gasteiger partial charge in [-0.15, -0.1) is 0 Å². The van der Waals surface area contributed by atoms with E-state index < -0.39 is 30.2 Å². The molecule has 4 atom stereocenters. The molecule has 2 aromatic rings. The summed E-state index contributed by atoms with van der Waals surface area (Å²) in [5, 5.41) is 17.8. The SMILES string of the molecule is COCCNC(=O)C[C@H]1C[C@@H]2c3cc(NC(=O)Nc4ccccc4F)ccc3O[C@@H]2[C@@H](CO)O1. The number of urea groups is 1. The van der Waals surface area contributed by atoms with Crippen molar-refractivity contribution in [2.45, 2.75) is 37.1 Å². The number of carbonyl (C=O) groups is 2. The maximum absolute atomic E-state index is 13.8. The lowest BCUT2D eigenvalue weighted by Crippen LogP contribution is -2.47. The highest BCUT2D eigenvalue weighted by molar-refractivity contribution is 5.99. The standard InChI is InChI=1S/C24H28FN3O6/c1-32-9-8-26-22(30)12-15-11-17-16-10-14(6-7-20(16)34-23(17)21(13-29)33-15)27-24(31)28-19-5-3-2-4-18(19)25/h2-7,10,15,17,21,23,29H,8-9,11-13H2,1H3,(H,26,30)(H2,27,28,31)/t15-,17-,21-,23+/m1/s1. The minimum atomic E-state index is -0.580. The number of hydrogen-bond acceptors (Lipinski definition) is 6. The van der Waals surface area contributed by atoms with Crippen LogP contribution in [0.25, 0.3) is 0 Å². The first-order valence-corrected chi connectivity index (χ1v) is 11.1. The molecule has 1 fully saturated rings. The topological polar surface area (TPSA) is 118 Å². The molecule has 182 valence electrons. The van der Waals surface area contributed by atoms with Crippen LogP contribution in [0, 0.1) is 5.82 Å². The number of para-hydroxylation sites is 1. The van der Waals surface area contributed by atoms with E-state index in [1.807, 2.05) is 0 Å². The van der Waals surface area contributed by atoms with Crippen LogP contribution >= 0.6 is 0 Å². The van der Waals surface area contributed by atoms with Gasteiger partial charge >= 0.3 is 6.03 Å². The zero-order valence-corrected chi connectivity index (χ0v) is 18.8. The van der Waals surface area contributed by atoms with Crippen LogP contribution in [-0.2, 0) is 14.3 Å². The van der Waals surface area contributed by atoms with Crippen LogP contribution in [0.2, 0.25) is 0 Å². The highest BCUT2D eigenvalue weighted by Gasteiger charge is 2.46. The summed E-state index contributed by atoms with van der Waals surface area (Å²) in [7, 11) is 1.56. The number of rotatable bonds is 8. The summed E-state index contributed by atoms with van der Waals surface area (Å²) in [6.07, 6.45) is -0.686. The van der Waals surface area contributed by atoms with Gasteiger partial charge in [0.2, 0.25) is 5.91 Å². The van der Waals surface area contributed by atoms with Gasteiger partial charge in [0.05, 0.1) is 31.4 Å². The number of fused-ring (bicyclic) bond motifs is 3. The van der Waals surface area contributed by atoms with Crippen LogP contribution in [0.3, 0.4) is 0 Å². The molecule has 2 aliphatic rings. The molecule has 2 aromatic carbocycles. The van der Waals surface area contributed by atoms with Gasteiger partial charge in [0.25, 0.3) is 0 Å². The van der Waals surface area contributed by atoms with Crippen molar-refractivity contribution in [1.82, 2.24) is 5.32 Å². The quantitative estimate of drug-likeness (QED) is 0.438. The van der Waals surface area contributed by atoms with Crippen molar-refractivity contribution in [3.63, 3.8) is 0 Å². The molecule has 0 spiro atoms. The van der Waals surface area contributed by atoms with Gasteiger partial charge in [0.1, 0.15) is 23.8 Å². The summed E-state index contributed by atoms with van der Waals surface area (Å²) in [4.78, 5) is 24.6. The second-order valence-corrected chi connectivity index (χ2v) is 8.26. The van der Waals surface area contributed by atoms with E-state index in [9.17, 15) is 19.1 Å². The Bertz CT molecular complexity index is 1040. The van der Waals surface area contributed by atoms with Crippen molar-refractivity contribution in [1.29, 1.82) is 0 Å². The van der Waals surface area contributed by atoms with Crippen LogP contribution < -0.4 is 20.7 Å². The van der Waals surface area contributed by atoms with E-state index in [-0.39, 0.29) is 30.5 Å². The Morgan fingerprint density at radius 3 is 2.79 bits per heavy atom. The minimum Gasteiger partial charge on any atom is -0.487 e. The second kappa shape index (κ2) is 10.8. The largest absolute Gasteiger partial charge is 0.487 e. The van der Waals surface area contributed by atoms with Gasteiger partial charge in [-0.05, 0) is 36.8 Å². The van der Waals surface area contributed by atoms with Crippen molar-refractivity contribution in [3.8, 4) is 5.75 Å². The second-order valence-electron chi connectivity index (χ2n) is 8.26. The zero-order valence-electron chi connectivity index (χ0n) is 18.8. The first kappa shape index (κ1) is 23.9. The number of halogens is 1. The van der Waals surface area contributed by atoms with Crippen molar-refractivity contribution in [2.75, 3.05) is 37.5 Å². The molecular formula is C24H28FN3O6. The highest BCUT2D eigenvalue weighted by atomic mass is 19.1. The molecule has 0 aromatic heterocycles. The summed E-state index contributed by atoms with van der Waals surface area (Å²) in [5.41, 5.74) is 1.45. The number of anilines is 2. The lowest BCUT2D eigenvalue weighted by molar-refractivity contribution is -0.142. The molecule has 0 unspecified atom stereocenters. The predicted octanol–water partition coefficient (Wildman–Crippen LogP) is 2.62. The number of methoxy groups -OCH3 is 1. The van der Waals surface area contributed by atoms with Crippen molar-refractivity contribution >= 4 is 23.3 Å². The molecule has 4 rings (SSSR count). The number of nitrogens with one attached hydrogen (secondary N) is 3. The number of aliphatic hydroxyl groups excluding tert-OH is 1. The highest BCUT2D eigenvalue weighted by Crippen LogP contribution is 2.47. The Morgan fingerprint density at radius 2 is 2.03 bits per heavy atom. The number of hydrogen-bond donors (Lipinski definition) is 4. The van der Waals surface area contributed by atoms with Gasteiger partial charge in [-0.1, -0.05) is 12.1 Å². The monoisotopic (exact) mass is 473 g/mol. The van der Waals surface area contributed by atoms with E-state index in [1.165, 1.54) is 12.1 Å². The third kappa shape index (κ3) is 5.46. The molecule has 0 radical (unpaired) electrons. The van der Waals surface area contributed by atoms with E-state index in [4.69, 9.17) is 14.2 Å². The average Bonchev–Trinajstić information content (AvgIpc) is 3.18. The Kier molecular flexibility index (Phi) is 7.61. The van der Waals surface area contributed by atoms with E-state index in [0.29, 0.717) is 31.0 Å². The van der Waals surface area contributed by atoms with Crippen LogP contribution in [0.1, 0.15) is 24.3 Å². The number of amides is 3. The number of aliphatic hydroxyl groups is 1. The van der Waals surface area contributed by atoms with Crippen LogP contribution in [0.5, 0.6) is 5.75 Å². The molecule has 2 heterocycles. The Labute approximate surface area is 196 Å². The summed E-state index contributed by atoms with van der Waals surface area (Å²) in [6.45, 7) is 0.587. The molecule has 2 aliphatic heterocycles. The third-order valence-electron chi connectivity index (χ3n) is 5.92. The van der Waals surface area contributed by atoms with Gasteiger partial charge in [-0.3, -0.25) is 4.79 Å². The van der Waals surface area contributed by atoms with Crippen molar-refractivity contribution < 1.29 is 33.3 Å². The molecule has 10 heteroatoms. The molecule has 4 N–H and O–H groups in total. The third-order valence-corrected chi connectivity index (χ3v) is 5.92. The summed E-state index contributed by atoms with van der Waals surface area (Å²) in [5.74, 6) is -0.162. The number of benzene rings is 2. The summed E-state index contributed by atoms with van der Waals surface area (Å²) >= 11 is 0. The van der Waals surface area contributed by atoms with Gasteiger partial charge in [-0.25, -0.2) is 9.18 Å². The Balaban J connectivity index is 1.44. The molecule has 0 saturated carbocycles. The molecule has 0 aliphatic carbocycles. The average molecular weight is 474 g/mol. The smallest absolute Gasteiger partial charge is 0.323 e. The predicted molar refractivity (Wildman–Crippen MR) is 123 cm³/mol. The lowest BCUT2D eigenvalue weighted by Gasteiger charge is -2.37. The van der Waals surface area contributed by atoms with E-state index in [1.54, 1.807) is 37.4 Å². The van der Waals surface area contributed by atoms with E-state index in [2.05, 4.69) is 16.0 Å². The fourth-order valence-corrected chi connectivity index (χ4v) is 4.39. The van der Waals surface area contributed by atoms with Crippen molar-refractivity contribution in [2.24, 2.45) is 0 Å². The summed E-state index contributed by atoms with van der Waals surface area (Å²) < 4.78 is 30.7. The van der Waals surface area contributed by atoms with Gasteiger partial charge in [0.15, 0.2) is 0 Å². The van der Waals surface area contributed by atoms with Gasteiger partial charge in [-0.2, -0.15) is 0 Å². The fourth-order valence-electron chi connectivity index (χ4n) is 4.39. The Morgan fingerprint density at radius 1 is 1.21 bits per heavy atom. The maximum Gasteiger partial charge on any atom is 0.323 e. The Hall–Kier alpha value is -3.21. The molecule has 1 saturated heterocycles. The normalized spacial score (nSPS) is 22.8. The first-order chi connectivity index (χ1) is 16.5. The molecular weight excluding hydrogens is 445 g/mol. The van der Waals surface area contributed by atoms with Gasteiger partial charge in [0, 0.05) is 30.8 Å². The summed E-state index contributed by atoms with van der Waals surface area (Å²) in [6, 6.07) is 10.6. The van der Waals surface area contributed by atoms with Gasteiger partial charge < -0.3 is 35.3 Å². The minimum absolute atomic E-state index is 0.0754. The number of ether oxygens (including phenoxy) is 3. The van der Waals surface area contributed by atoms with E-state index >= 15 is 0 Å². The maximum atomic E-state index is 13.8. The zero-order chi connectivity index (χ0) is 24.1. The van der Waals surface area contributed by atoms with E-state index in [0.717, 1.165) is 5.56 Å². The first-order valence-electron chi connectivity index (χ1n) is 11.1. The van der Waals surface area contributed by atoms with Crippen LogP contribution in [0.15, 0.2) is 42.5 Å².